The van der Waals surface area contributed by atoms with Crippen molar-refractivity contribution in [3.63, 3.8) is 0 Å². The van der Waals surface area contributed by atoms with E-state index in [0.29, 0.717) is 25.2 Å². The fraction of sp³-hybridized carbons (Fsp3) is 0.875. The van der Waals surface area contributed by atoms with Gasteiger partial charge in [-0.05, 0) is 25.2 Å². The van der Waals surface area contributed by atoms with Crippen LogP contribution < -0.4 is 5.32 Å². The van der Waals surface area contributed by atoms with Gasteiger partial charge in [0.15, 0.2) is 0 Å². The maximum absolute atomic E-state index is 12.2. The molecule has 5 heteroatoms. The number of aliphatic hydroxyl groups excluding tert-OH is 1. The summed E-state index contributed by atoms with van der Waals surface area (Å²) in [5.41, 5.74) is -0.918. The fourth-order valence-corrected chi connectivity index (χ4v) is 3.21. The Hall–Kier alpha value is -1.10. The third-order valence-electron chi connectivity index (χ3n) is 4.35. The first-order valence-electron chi connectivity index (χ1n) is 8.03. The van der Waals surface area contributed by atoms with Gasteiger partial charge in [0, 0.05) is 6.42 Å². The van der Waals surface area contributed by atoms with Crippen molar-refractivity contribution in [1.29, 1.82) is 0 Å². The molecule has 3 N–H and O–H groups in total. The monoisotopic (exact) mass is 299 g/mol. The molecule has 0 aliphatic heterocycles. The van der Waals surface area contributed by atoms with Crippen molar-refractivity contribution in [2.24, 2.45) is 11.3 Å². The molecule has 0 saturated heterocycles. The van der Waals surface area contributed by atoms with Gasteiger partial charge in [0.2, 0.25) is 5.91 Å². The van der Waals surface area contributed by atoms with Crippen molar-refractivity contribution in [2.45, 2.75) is 71.3 Å². The van der Waals surface area contributed by atoms with Crippen LogP contribution in [-0.2, 0) is 9.59 Å². The fourth-order valence-electron chi connectivity index (χ4n) is 3.21. The molecule has 5 nitrogen and oxygen atoms in total. The largest absolute Gasteiger partial charge is 0.481 e. The molecule has 0 spiro atoms. The van der Waals surface area contributed by atoms with Crippen molar-refractivity contribution in [1.82, 2.24) is 5.32 Å². The summed E-state index contributed by atoms with van der Waals surface area (Å²) >= 11 is 0. The number of carbonyl (C=O) groups is 2. The molecule has 1 atom stereocenters. The van der Waals surface area contributed by atoms with Crippen LogP contribution in [0, 0.1) is 11.3 Å². The Labute approximate surface area is 127 Å². The highest BCUT2D eigenvalue weighted by Gasteiger charge is 2.40. The molecule has 1 fully saturated rings. The second-order valence-corrected chi connectivity index (χ2v) is 6.75. The number of nitrogens with one attached hydrogen (secondary N) is 1. The molecule has 0 aromatic heterocycles. The van der Waals surface area contributed by atoms with Crippen molar-refractivity contribution in [3.05, 3.63) is 0 Å². The van der Waals surface area contributed by atoms with E-state index in [1.54, 1.807) is 0 Å². The Balaban J connectivity index is 2.65. The molecule has 0 radical (unpaired) electrons. The van der Waals surface area contributed by atoms with Crippen LogP contribution in [-0.4, -0.2) is 34.7 Å². The molecule has 1 aliphatic carbocycles. The summed E-state index contributed by atoms with van der Waals surface area (Å²) in [5.74, 6) is -0.739. The van der Waals surface area contributed by atoms with Gasteiger partial charge in [-0.25, -0.2) is 0 Å². The number of carboxylic acid groups (broad SMARTS) is 1. The van der Waals surface area contributed by atoms with Crippen LogP contribution in [0.3, 0.4) is 0 Å². The number of rotatable bonds is 7. The number of hydrogen-bond acceptors (Lipinski definition) is 3. The minimum atomic E-state index is -0.918. The SMILES string of the molecule is CC(C)CC(CO)NC(=O)CC1(C(=O)O)CCCCCC1. The van der Waals surface area contributed by atoms with E-state index >= 15 is 0 Å². The first kappa shape index (κ1) is 18.0. The summed E-state index contributed by atoms with van der Waals surface area (Å²) in [6.07, 6.45) is 5.70. The van der Waals surface area contributed by atoms with E-state index in [1.165, 1.54) is 0 Å². The molecule has 21 heavy (non-hydrogen) atoms. The molecular weight excluding hydrogens is 270 g/mol. The zero-order valence-corrected chi connectivity index (χ0v) is 13.2. The third-order valence-corrected chi connectivity index (χ3v) is 4.35. The summed E-state index contributed by atoms with van der Waals surface area (Å²) in [6, 6.07) is -0.283. The smallest absolute Gasteiger partial charge is 0.310 e. The molecule has 122 valence electrons. The molecule has 1 unspecified atom stereocenters. The molecule has 0 bridgehead atoms. The lowest BCUT2D eigenvalue weighted by Crippen LogP contribution is -2.43. The average molecular weight is 299 g/mol. The van der Waals surface area contributed by atoms with Crippen LogP contribution in [0.15, 0.2) is 0 Å². The van der Waals surface area contributed by atoms with Crippen molar-refractivity contribution in [3.8, 4) is 0 Å². The summed E-state index contributed by atoms with van der Waals surface area (Å²) in [6.45, 7) is 3.95. The van der Waals surface area contributed by atoms with Crippen LogP contribution in [0.25, 0.3) is 0 Å². The van der Waals surface area contributed by atoms with E-state index in [9.17, 15) is 19.8 Å². The molecule has 1 aliphatic rings. The Morgan fingerprint density at radius 1 is 1.14 bits per heavy atom. The molecule has 1 amide bonds. The minimum Gasteiger partial charge on any atom is -0.481 e. The maximum Gasteiger partial charge on any atom is 0.310 e. The Kier molecular flexibility index (Phi) is 7.15. The standard InChI is InChI=1S/C16H29NO4/c1-12(2)9-13(11-18)17-14(19)10-16(15(20)21)7-5-3-4-6-8-16/h12-13,18H,3-11H2,1-2H3,(H,17,19)(H,20,21). The number of amides is 1. The van der Waals surface area contributed by atoms with Crippen LogP contribution in [0.4, 0.5) is 0 Å². The third kappa shape index (κ3) is 5.65. The molecule has 0 aromatic carbocycles. The summed E-state index contributed by atoms with van der Waals surface area (Å²) in [4.78, 5) is 23.9. The molecule has 1 rings (SSSR count). The number of aliphatic hydroxyl groups is 1. The van der Waals surface area contributed by atoms with E-state index < -0.39 is 11.4 Å². The molecule has 1 saturated carbocycles. The quantitative estimate of drug-likeness (QED) is 0.630. The van der Waals surface area contributed by atoms with Gasteiger partial charge in [0.05, 0.1) is 18.1 Å². The summed E-state index contributed by atoms with van der Waals surface area (Å²) in [5, 5.41) is 21.7. The van der Waals surface area contributed by atoms with Gasteiger partial charge >= 0.3 is 5.97 Å². The zero-order chi connectivity index (χ0) is 15.9. The van der Waals surface area contributed by atoms with Gasteiger partial charge in [-0.1, -0.05) is 39.5 Å². The number of carboxylic acids is 1. The molecule has 0 aromatic rings. The first-order chi connectivity index (χ1) is 9.89. The van der Waals surface area contributed by atoms with Crippen LogP contribution in [0.2, 0.25) is 0 Å². The second kappa shape index (κ2) is 8.37. The normalized spacial score (nSPS) is 19.8. The van der Waals surface area contributed by atoms with E-state index in [1.807, 2.05) is 13.8 Å². The molecular formula is C16H29NO4. The van der Waals surface area contributed by atoms with Crippen LogP contribution >= 0.6 is 0 Å². The second-order valence-electron chi connectivity index (χ2n) is 6.75. The van der Waals surface area contributed by atoms with E-state index in [4.69, 9.17) is 0 Å². The Morgan fingerprint density at radius 3 is 2.14 bits per heavy atom. The van der Waals surface area contributed by atoms with Gasteiger partial charge in [-0.3, -0.25) is 9.59 Å². The van der Waals surface area contributed by atoms with Crippen LogP contribution in [0.1, 0.15) is 65.2 Å². The number of aliphatic carboxylic acids is 1. The predicted molar refractivity (Wildman–Crippen MR) is 80.9 cm³/mol. The van der Waals surface area contributed by atoms with Crippen molar-refractivity contribution in [2.75, 3.05) is 6.61 Å². The lowest BCUT2D eigenvalue weighted by Gasteiger charge is -2.28. The lowest BCUT2D eigenvalue weighted by atomic mass is 9.77. The van der Waals surface area contributed by atoms with E-state index in [2.05, 4.69) is 5.32 Å². The van der Waals surface area contributed by atoms with E-state index in [0.717, 1.165) is 25.7 Å². The topological polar surface area (TPSA) is 86.6 Å². The number of carbonyl (C=O) groups excluding carboxylic acids is 1. The summed E-state index contributed by atoms with van der Waals surface area (Å²) in [7, 11) is 0. The van der Waals surface area contributed by atoms with Crippen LogP contribution in [0.5, 0.6) is 0 Å². The number of hydrogen-bond donors (Lipinski definition) is 3. The van der Waals surface area contributed by atoms with Crippen molar-refractivity contribution < 1.29 is 19.8 Å². The average Bonchev–Trinajstić information content (AvgIpc) is 2.63. The highest BCUT2D eigenvalue weighted by Crippen LogP contribution is 2.38. The maximum atomic E-state index is 12.2. The highest BCUT2D eigenvalue weighted by molar-refractivity contribution is 5.85. The Bertz CT molecular complexity index is 346. The highest BCUT2D eigenvalue weighted by atomic mass is 16.4. The van der Waals surface area contributed by atoms with Gasteiger partial charge in [-0.2, -0.15) is 0 Å². The summed E-state index contributed by atoms with van der Waals surface area (Å²) < 4.78 is 0. The van der Waals surface area contributed by atoms with E-state index in [-0.39, 0.29) is 25.0 Å². The van der Waals surface area contributed by atoms with Gasteiger partial charge in [0.1, 0.15) is 0 Å². The Morgan fingerprint density at radius 2 is 1.71 bits per heavy atom. The van der Waals surface area contributed by atoms with Gasteiger partial charge in [-0.15, -0.1) is 0 Å². The minimum absolute atomic E-state index is 0.0247. The predicted octanol–water partition coefficient (Wildman–Crippen LogP) is 2.32. The molecule has 0 heterocycles. The first-order valence-corrected chi connectivity index (χ1v) is 8.03. The zero-order valence-electron chi connectivity index (χ0n) is 13.2. The van der Waals surface area contributed by atoms with Crippen molar-refractivity contribution >= 4 is 11.9 Å². The van der Waals surface area contributed by atoms with Gasteiger partial charge < -0.3 is 15.5 Å². The van der Waals surface area contributed by atoms with Gasteiger partial charge in [0.25, 0.3) is 0 Å². The lowest BCUT2D eigenvalue weighted by molar-refractivity contribution is -0.153.